The number of carbonyl (C=O) groups is 2. The summed E-state index contributed by atoms with van der Waals surface area (Å²) in [6.07, 6.45) is -0.0937. The molecule has 1 aromatic heterocycles. The quantitative estimate of drug-likeness (QED) is 0.916. The lowest BCUT2D eigenvalue weighted by Gasteiger charge is -2.09. The lowest BCUT2D eigenvalue weighted by molar-refractivity contribution is -0.141. The summed E-state index contributed by atoms with van der Waals surface area (Å²) in [5, 5.41) is 16.5. The second kappa shape index (κ2) is 4.97. The summed E-state index contributed by atoms with van der Waals surface area (Å²) in [6.45, 7) is -0.000776. The van der Waals surface area contributed by atoms with Gasteiger partial charge in [-0.25, -0.2) is 4.39 Å². The average Bonchev–Trinajstić information content (AvgIpc) is 3.06. The van der Waals surface area contributed by atoms with Crippen molar-refractivity contribution in [2.24, 2.45) is 5.92 Å². The van der Waals surface area contributed by atoms with Gasteiger partial charge in [0.1, 0.15) is 5.82 Å². The molecule has 2 aromatic rings. The Morgan fingerprint density at radius 1 is 1.33 bits per heavy atom. The molecule has 1 fully saturated rings. The molecule has 0 saturated carbocycles. The lowest BCUT2D eigenvalue weighted by atomic mass is 10.1. The fraction of sp³-hybridized carbons (Fsp3) is 0.231. The number of aromatic nitrogens is 2. The van der Waals surface area contributed by atoms with Gasteiger partial charge in [-0.05, 0) is 24.3 Å². The molecular formula is C13H10FN3O4. The van der Waals surface area contributed by atoms with Crippen LogP contribution in [-0.2, 0) is 9.59 Å². The van der Waals surface area contributed by atoms with E-state index in [1.807, 2.05) is 0 Å². The van der Waals surface area contributed by atoms with E-state index in [2.05, 4.69) is 10.2 Å². The third-order valence-electron chi connectivity index (χ3n) is 3.21. The van der Waals surface area contributed by atoms with Crippen LogP contribution < -0.4 is 4.90 Å². The van der Waals surface area contributed by atoms with Crippen LogP contribution in [0.5, 0.6) is 0 Å². The predicted molar refractivity (Wildman–Crippen MR) is 67.8 cm³/mol. The van der Waals surface area contributed by atoms with E-state index in [4.69, 9.17) is 9.52 Å². The number of carboxylic acids is 1. The lowest BCUT2D eigenvalue weighted by Crippen LogP contribution is -2.26. The Hall–Kier alpha value is -2.77. The first kappa shape index (κ1) is 13.2. The predicted octanol–water partition coefficient (Wildman–Crippen LogP) is 1.31. The molecule has 0 aliphatic carbocycles. The van der Waals surface area contributed by atoms with Crippen molar-refractivity contribution in [1.29, 1.82) is 0 Å². The van der Waals surface area contributed by atoms with Gasteiger partial charge in [0.15, 0.2) is 0 Å². The summed E-state index contributed by atoms with van der Waals surface area (Å²) >= 11 is 0. The Bertz CT molecular complexity index is 698. The van der Waals surface area contributed by atoms with E-state index in [9.17, 15) is 14.0 Å². The number of anilines is 1. The number of aliphatic carboxylic acids is 1. The van der Waals surface area contributed by atoms with Crippen LogP contribution in [0.3, 0.4) is 0 Å². The molecule has 1 amide bonds. The highest BCUT2D eigenvalue weighted by Crippen LogP contribution is 2.27. The molecule has 108 valence electrons. The van der Waals surface area contributed by atoms with E-state index < -0.39 is 17.7 Å². The number of carboxylic acid groups (broad SMARTS) is 1. The minimum atomic E-state index is -1.04. The normalized spacial score (nSPS) is 18.2. The molecule has 21 heavy (non-hydrogen) atoms. The Labute approximate surface area is 118 Å². The first-order valence-corrected chi connectivity index (χ1v) is 6.17. The average molecular weight is 291 g/mol. The van der Waals surface area contributed by atoms with E-state index in [1.54, 1.807) is 0 Å². The van der Waals surface area contributed by atoms with Crippen LogP contribution in [0.1, 0.15) is 6.42 Å². The largest absolute Gasteiger partial charge is 0.481 e. The van der Waals surface area contributed by atoms with Gasteiger partial charge in [0.2, 0.25) is 11.8 Å². The third-order valence-corrected chi connectivity index (χ3v) is 3.21. The summed E-state index contributed by atoms with van der Waals surface area (Å²) in [7, 11) is 0. The highest BCUT2D eigenvalue weighted by molar-refractivity contribution is 5.97. The highest BCUT2D eigenvalue weighted by Gasteiger charge is 2.37. The zero-order chi connectivity index (χ0) is 15.0. The van der Waals surface area contributed by atoms with Crippen molar-refractivity contribution in [2.75, 3.05) is 11.4 Å². The molecule has 3 rings (SSSR count). The fourth-order valence-corrected chi connectivity index (χ4v) is 2.09. The molecule has 2 heterocycles. The van der Waals surface area contributed by atoms with Crippen LogP contribution in [0.25, 0.3) is 11.5 Å². The summed E-state index contributed by atoms with van der Waals surface area (Å²) < 4.78 is 18.2. The smallest absolute Gasteiger partial charge is 0.325 e. The molecule has 0 spiro atoms. The van der Waals surface area contributed by atoms with E-state index in [0.29, 0.717) is 5.56 Å². The van der Waals surface area contributed by atoms with Gasteiger partial charge in [0.25, 0.3) is 0 Å². The first-order valence-electron chi connectivity index (χ1n) is 6.17. The van der Waals surface area contributed by atoms with E-state index in [1.165, 1.54) is 24.3 Å². The molecule has 1 saturated heterocycles. The van der Waals surface area contributed by atoms with Crippen molar-refractivity contribution >= 4 is 17.9 Å². The van der Waals surface area contributed by atoms with Crippen molar-refractivity contribution in [2.45, 2.75) is 6.42 Å². The zero-order valence-corrected chi connectivity index (χ0v) is 10.7. The van der Waals surface area contributed by atoms with Gasteiger partial charge in [-0.2, -0.15) is 0 Å². The van der Waals surface area contributed by atoms with Gasteiger partial charge in [0.05, 0.1) is 5.92 Å². The summed E-state index contributed by atoms with van der Waals surface area (Å²) in [6, 6.07) is 5.39. The van der Waals surface area contributed by atoms with E-state index >= 15 is 0 Å². The van der Waals surface area contributed by atoms with Crippen LogP contribution in [0.4, 0.5) is 10.4 Å². The van der Waals surface area contributed by atoms with Crippen LogP contribution in [0.15, 0.2) is 28.7 Å². The van der Waals surface area contributed by atoms with Gasteiger partial charge in [-0.1, -0.05) is 5.10 Å². The number of amides is 1. The zero-order valence-electron chi connectivity index (χ0n) is 10.7. The summed E-state index contributed by atoms with van der Waals surface area (Å²) in [5.41, 5.74) is 0.511. The number of hydrogen-bond acceptors (Lipinski definition) is 5. The van der Waals surface area contributed by atoms with Crippen molar-refractivity contribution < 1.29 is 23.5 Å². The van der Waals surface area contributed by atoms with Crippen LogP contribution >= 0.6 is 0 Å². The van der Waals surface area contributed by atoms with Crippen molar-refractivity contribution in [3.8, 4) is 11.5 Å². The van der Waals surface area contributed by atoms with Gasteiger partial charge in [0, 0.05) is 18.5 Å². The SMILES string of the molecule is O=C(O)C1CC(=O)N(c2nnc(-c3ccc(F)cc3)o2)C1. The van der Waals surface area contributed by atoms with Crippen LogP contribution in [0, 0.1) is 11.7 Å². The number of benzene rings is 1. The molecule has 8 heteroatoms. The Balaban J connectivity index is 1.84. The number of nitrogens with zero attached hydrogens (tertiary/aromatic N) is 3. The van der Waals surface area contributed by atoms with E-state index in [0.717, 1.165) is 4.90 Å². The second-order valence-corrected chi connectivity index (χ2v) is 4.64. The van der Waals surface area contributed by atoms with Crippen molar-refractivity contribution in [3.63, 3.8) is 0 Å². The number of hydrogen-bond donors (Lipinski definition) is 1. The van der Waals surface area contributed by atoms with Gasteiger partial charge >= 0.3 is 12.0 Å². The second-order valence-electron chi connectivity index (χ2n) is 4.64. The van der Waals surface area contributed by atoms with Gasteiger partial charge < -0.3 is 9.52 Å². The molecule has 1 unspecified atom stereocenters. The maximum Gasteiger partial charge on any atom is 0.325 e. The molecule has 0 bridgehead atoms. The topological polar surface area (TPSA) is 96.5 Å². The number of halogens is 1. The maximum absolute atomic E-state index is 12.8. The van der Waals surface area contributed by atoms with Crippen molar-refractivity contribution in [1.82, 2.24) is 10.2 Å². The monoisotopic (exact) mass is 291 g/mol. The molecule has 1 aromatic carbocycles. The Morgan fingerprint density at radius 3 is 2.67 bits per heavy atom. The molecule has 1 aliphatic heterocycles. The minimum Gasteiger partial charge on any atom is -0.481 e. The molecule has 1 aliphatic rings. The molecule has 0 radical (unpaired) electrons. The maximum atomic E-state index is 12.8. The summed E-state index contributed by atoms with van der Waals surface area (Å²) in [5.74, 6) is -2.45. The summed E-state index contributed by atoms with van der Waals surface area (Å²) in [4.78, 5) is 23.8. The fourth-order valence-electron chi connectivity index (χ4n) is 2.09. The van der Waals surface area contributed by atoms with Crippen LogP contribution in [-0.4, -0.2) is 33.7 Å². The van der Waals surface area contributed by atoms with Gasteiger partial charge in [-0.3, -0.25) is 14.5 Å². The molecule has 1 atom stereocenters. The Kier molecular flexibility index (Phi) is 3.13. The van der Waals surface area contributed by atoms with Crippen molar-refractivity contribution in [3.05, 3.63) is 30.1 Å². The highest BCUT2D eigenvalue weighted by atomic mass is 19.1. The third kappa shape index (κ3) is 2.47. The molecule has 7 nitrogen and oxygen atoms in total. The number of carbonyl (C=O) groups excluding carboxylic acids is 1. The van der Waals surface area contributed by atoms with Gasteiger partial charge in [-0.15, -0.1) is 5.10 Å². The first-order chi connectivity index (χ1) is 10.0. The minimum absolute atomic E-state index is 0.000776. The van der Waals surface area contributed by atoms with Crippen LogP contribution in [0.2, 0.25) is 0 Å². The number of rotatable bonds is 3. The Morgan fingerprint density at radius 2 is 2.05 bits per heavy atom. The van der Waals surface area contributed by atoms with E-state index in [-0.39, 0.29) is 30.8 Å². The molecular weight excluding hydrogens is 281 g/mol. The molecule has 1 N–H and O–H groups in total. The standard InChI is InChI=1S/C13H10FN3O4/c14-9-3-1-7(2-4-9)11-15-16-13(21-11)17-6-8(12(19)20)5-10(17)18/h1-4,8H,5-6H2,(H,19,20).